The number of rotatable bonds is 6. The minimum absolute atomic E-state index is 0.0321. The second-order valence-electron chi connectivity index (χ2n) is 6.57. The lowest BCUT2D eigenvalue weighted by molar-refractivity contribution is 0.235. The summed E-state index contributed by atoms with van der Waals surface area (Å²) in [4.78, 5) is 12.2. The van der Waals surface area contributed by atoms with Crippen molar-refractivity contribution in [2.75, 3.05) is 13.7 Å². The number of urea groups is 1. The van der Waals surface area contributed by atoms with Gasteiger partial charge in [0.25, 0.3) is 0 Å². The molecule has 0 spiro atoms. The van der Waals surface area contributed by atoms with Crippen molar-refractivity contribution in [3.8, 4) is 5.75 Å². The average Bonchev–Trinajstić information content (AvgIpc) is 2.61. The van der Waals surface area contributed by atoms with E-state index in [0.29, 0.717) is 6.54 Å². The van der Waals surface area contributed by atoms with Gasteiger partial charge >= 0.3 is 6.03 Å². The minimum Gasteiger partial charge on any atom is -0.497 e. The summed E-state index contributed by atoms with van der Waals surface area (Å²) in [6.07, 6.45) is 0. The fourth-order valence-electron chi connectivity index (χ4n) is 2.52. The molecule has 4 nitrogen and oxygen atoms in total. The van der Waals surface area contributed by atoms with E-state index in [1.807, 2.05) is 61.5 Å². The Morgan fingerprint density at radius 2 is 1.71 bits per heavy atom. The Morgan fingerprint density at radius 3 is 2.29 bits per heavy atom. The Bertz CT molecular complexity index is 651. The summed E-state index contributed by atoms with van der Waals surface area (Å²) in [6.45, 7) is 6.74. The maximum atomic E-state index is 12.2. The Labute approximate surface area is 144 Å². The Hall–Kier alpha value is -2.49. The molecule has 0 aliphatic heterocycles. The van der Waals surface area contributed by atoms with Gasteiger partial charge in [0.1, 0.15) is 5.75 Å². The number of benzene rings is 2. The zero-order valence-corrected chi connectivity index (χ0v) is 14.8. The van der Waals surface area contributed by atoms with Gasteiger partial charge in [-0.05, 0) is 30.2 Å². The van der Waals surface area contributed by atoms with Crippen LogP contribution in [0.3, 0.4) is 0 Å². The number of hydrogen-bond donors (Lipinski definition) is 2. The molecule has 2 aromatic rings. The summed E-state index contributed by atoms with van der Waals surface area (Å²) in [5.41, 5.74) is 2.07. The fraction of sp³-hybridized carbons (Fsp3) is 0.350. The third-order valence-electron chi connectivity index (χ3n) is 4.21. The predicted molar refractivity (Wildman–Crippen MR) is 97.4 cm³/mol. The van der Waals surface area contributed by atoms with Crippen molar-refractivity contribution in [3.63, 3.8) is 0 Å². The van der Waals surface area contributed by atoms with Gasteiger partial charge in [-0.3, -0.25) is 0 Å². The lowest BCUT2D eigenvalue weighted by Crippen LogP contribution is -2.43. The quantitative estimate of drug-likeness (QED) is 0.842. The van der Waals surface area contributed by atoms with E-state index < -0.39 is 0 Å². The van der Waals surface area contributed by atoms with Crippen LogP contribution in [0.4, 0.5) is 4.79 Å². The van der Waals surface area contributed by atoms with E-state index in [1.165, 1.54) is 0 Å². The molecule has 0 aliphatic carbocycles. The molecular formula is C20H26N2O2. The van der Waals surface area contributed by atoms with Crippen LogP contribution in [0.2, 0.25) is 0 Å². The number of carbonyl (C=O) groups is 1. The van der Waals surface area contributed by atoms with Crippen molar-refractivity contribution in [1.29, 1.82) is 0 Å². The van der Waals surface area contributed by atoms with Crippen LogP contribution >= 0.6 is 0 Å². The van der Waals surface area contributed by atoms with Crippen molar-refractivity contribution in [3.05, 3.63) is 65.7 Å². The van der Waals surface area contributed by atoms with Crippen LogP contribution in [0.1, 0.15) is 37.9 Å². The van der Waals surface area contributed by atoms with Crippen molar-refractivity contribution < 1.29 is 9.53 Å². The maximum absolute atomic E-state index is 12.2. The molecule has 0 saturated carbocycles. The van der Waals surface area contributed by atoms with Gasteiger partial charge in [0, 0.05) is 12.0 Å². The molecule has 24 heavy (non-hydrogen) atoms. The molecule has 1 unspecified atom stereocenters. The molecule has 1 atom stereocenters. The molecule has 4 heteroatoms. The summed E-state index contributed by atoms with van der Waals surface area (Å²) in [5.74, 6) is 0.830. The zero-order valence-electron chi connectivity index (χ0n) is 14.8. The van der Waals surface area contributed by atoms with Crippen LogP contribution in [0.5, 0.6) is 5.75 Å². The molecule has 0 saturated heterocycles. The molecule has 128 valence electrons. The molecule has 2 rings (SSSR count). The van der Waals surface area contributed by atoms with E-state index in [-0.39, 0.29) is 17.5 Å². The number of methoxy groups -OCH3 is 1. The first-order chi connectivity index (χ1) is 11.4. The van der Waals surface area contributed by atoms with Gasteiger partial charge in [0.15, 0.2) is 0 Å². The number of carbonyl (C=O) groups excluding carboxylic acids is 1. The second kappa shape index (κ2) is 7.86. The molecule has 0 heterocycles. The lowest BCUT2D eigenvalue weighted by Gasteiger charge is -2.26. The van der Waals surface area contributed by atoms with E-state index in [0.717, 1.165) is 16.9 Å². The molecule has 0 radical (unpaired) electrons. The highest BCUT2D eigenvalue weighted by atomic mass is 16.5. The molecular weight excluding hydrogens is 300 g/mol. The predicted octanol–water partition coefficient (Wildman–Crippen LogP) is 4.03. The van der Waals surface area contributed by atoms with Crippen molar-refractivity contribution in [1.82, 2.24) is 10.6 Å². The van der Waals surface area contributed by atoms with Gasteiger partial charge in [0.2, 0.25) is 0 Å². The minimum atomic E-state index is -0.167. The molecule has 0 bridgehead atoms. The van der Waals surface area contributed by atoms with Crippen LogP contribution in [-0.2, 0) is 5.41 Å². The first-order valence-corrected chi connectivity index (χ1v) is 8.16. The largest absolute Gasteiger partial charge is 0.497 e. The molecule has 2 aromatic carbocycles. The van der Waals surface area contributed by atoms with E-state index in [2.05, 4.69) is 24.5 Å². The van der Waals surface area contributed by atoms with E-state index in [4.69, 9.17) is 4.74 Å². The summed E-state index contributed by atoms with van der Waals surface area (Å²) in [6, 6.07) is 17.7. The van der Waals surface area contributed by atoms with E-state index in [1.54, 1.807) is 7.11 Å². The third kappa shape index (κ3) is 4.75. The summed E-state index contributed by atoms with van der Waals surface area (Å²) >= 11 is 0. The standard InChI is InChI=1S/C20H26N2O2/c1-15(16-8-6-5-7-9-16)22-19(23)21-14-20(2,3)17-10-12-18(24-4)13-11-17/h5-13,15H,14H2,1-4H3,(H2,21,22,23). The van der Waals surface area contributed by atoms with Gasteiger partial charge in [-0.2, -0.15) is 0 Å². The first kappa shape index (κ1) is 17.9. The topological polar surface area (TPSA) is 50.4 Å². The van der Waals surface area contributed by atoms with Crippen LogP contribution in [0.25, 0.3) is 0 Å². The van der Waals surface area contributed by atoms with E-state index >= 15 is 0 Å². The Morgan fingerprint density at radius 1 is 1.08 bits per heavy atom. The number of amides is 2. The van der Waals surface area contributed by atoms with Gasteiger partial charge < -0.3 is 15.4 Å². The number of hydrogen-bond acceptors (Lipinski definition) is 2. The van der Waals surface area contributed by atoms with Gasteiger partial charge in [-0.25, -0.2) is 4.79 Å². The summed E-state index contributed by atoms with van der Waals surface area (Å²) in [7, 11) is 1.65. The number of ether oxygens (including phenoxy) is 1. The highest BCUT2D eigenvalue weighted by Gasteiger charge is 2.22. The van der Waals surface area contributed by atoms with Gasteiger partial charge in [-0.1, -0.05) is 56.3 Å². The SMILES string of the molecule is COc1ccc(C(C)(C)CNC(=O)NC(C)c2ccccc2)cc1. The van der Waals surface area contributed by atoms with Crippen LogP contribution in [-0.4, -0.2) is 19.7 Å². The lowest BCUT2D eigenvalue weighted by atomic mass is 9.84. The average molecular weight is 326 g/mol. The molecule has 0 fully saturated rings. The fourth-order valence-corrected chi connectivity index (χ4v) is 2.52. The van der Waals surface area contributed by atoms with Crippen LogP contribution in [0.15, 0.2) is 54.6 Å². The number of nitrogens with one attached hydrogen (secondary N) is 2. The summed E-state index contributed by atoms with van der Waals surface area (Å²) < 4.78 is 5.19. The van der Waals surface area contributed by atoms with Crippen molar-refractivity contribution in [2.24, 2.45) is 0 Å². The highest BCUT2D eigenvalue weighted by Crippen LogP contribution is 2.24. The first-order valence-electron chi connectivity index (χ1n) is 8.16. The smallest absolute Gasteiger partial charge is 0.315 e. The van der Waals surface area contributed by atoms with E-state index in [9.17, 15) is 4.79 Å². The highest BCUT2D eigenvalue weighted by molar-refractivity contribution is 5.74. The van der Waals surface area contributed by atoms with Gasteiger partial charge in [0.05, 0.1) is 13.2 Å². The van der Waals surface area contributed by atoms with Crippen LogP contribution in [0, 0.1) is 0 Å². The van der Waals surface area contributed by atoms with Gasteiger partial charge in [-0.15, -0.1) is 0 Å². The normalized spacial score (nSPS) is 12.3. The third-order valence-corrected chi connectivity index (χ3v) is 4.21. The molecule has 0 aromatic heterocycles. The Kier molecular flexibility index (Phi) is 5.85. The summed E-state index contributed by atoms with van der Waals surface area (Å²) in [5, 5.41) is 5.94. The van der Waals surface area contributed by atoms with Crippen molar-refractivity contribution >= 4 is 6.03 Å². The molecule has 2 amide bonds. The second-order valence-corrected chi connectivity index (χ2v) is 6.57. The Balaban J connectivity index is 1.89. The molecule has 2 N–H and O–H groups in total. The maximum Gasteiger partial charge on any atom is 0.315 e. The van der Waals surface area contributed by atoms with Crippen molar-refractivity contribution in [2.45, 2.75) is 32.2 Å². The zero-order chi connectivity index (χ0) is 17.6. The molecule has 0 aliphatic rings. The van der Waals surface area contributed by atoms with Crippen LogP contribution < -0.4 is 15.4 Å². The monoisotopic (exact) mass is 326 g/mol.